The predicted molar refractivity (Wildman–Crippen MR) is 28.5 cm³/mol. The molecule has 0 aromatic heterocycles. The quantitative estimate of drug-likeness (QED) is 0.412. The lowest BCUT2D eigenvalue weighted by molar-refractivity contribution is -0.124. The molecule has 0 aliphatic rings. The average molecular weight is 118 g/mol. The average Bonchev–Trinajstić information content (AvgIpc) is 1.84. The lowest BCUT2D eigenvalue weighted by atomic mass is 10.3. The van der Waals surface area contributed by atoms with E-state index in [0.717, 1.165) is 0 Å². The molecule has 0 bridgehead atoms. The van der Waals surface area contributed by atoms with E-state index in [1.54, 1.807) is 12.4 Å². The molecule has 1 atom stereocenters. The van der Waals surface area contributed by atoms with Gasteiger partial charge in [0.15, 0.2) is 0 Å². The Bertz CT molecular complexity index is 84.1. The van der Waals surface area contributed by atoms with Gasteiger partial charge in [0.25, 0.3) is 0 Å². The highest BCUT2D eigenvalue weighted by molar-refractivity contribution is 5.80. The van der Waals surface area contributed by atoms with E-state index in [1.807, 2.05) is 0 Å². The minimum atomic E-state index is -0.528. The lowest BCUT2D eigenvalue weighted by Crippen LogP contribution is -2.38. The van der Waals surface area contributed by atoms with Crippen LogP contribution in [0.4, 0.5) is 0 Å². The van der Waals surface area contributed by atoms with Crippen LogP contribution >= 0.6 is 0 Å². The number of hydrogen-bond acceptors (Lipinski definition) is 3. The molecule has 0 saturated carbocycles. The number of carbonyl (C=O) groups is 1. The van der Waals surface area contributed by atoms with E-state index in [2.05, 4.69) is 5.32 Å². The summed E-state index contributed by atoms with van der Waals surface area (Å²) in [6, 6.07) is -0.528. The third kappa shape index (κ3) is 1.90. The Hall–Kier alpha value is -0.610. The topological polar surface area (TPSA) is 61.4 Å². The van der Waals surface area contributed by atoms with Gasteiger partial charge in [-0.25, -0.2) is 0 Å². The molecule has 0 radical (unpaired) electrons. The van der Waals surface area contributed by atoms with E-state index >= 15 is 0 Å². The molecule has 3 N–H and O–H groups in total. The van der Waals surface area contributed by atoms with Crippen molar-refractivity contribution < 1.29 is 10.0 Å². The Kier molecular flexibility index (Phi) is 3.14. The molecule has 0 fully saturated rings. The zero-order valence-corrected chi connectivity index (χ0v) is 4.93. The van der Waals surface area contributed by atoms with Crippen molar-refractivity contribution in [3.63, 3.8) is 0 Å². The molecule has 4 heteroatoms. The van der Waals surface area contributed by atoms with Gasteiger partial charge in [0, 0.05) is 7.05 Å². The molecule has 0 saturated heterocycles. The number of rotatable bonds is 2. The molecule has 0 aliphatic heterocycles. The van der Waals surface area contributed by atoms with Gasteiger partial charge >= 0.3 is 0 Å². The van der Waals surface area contributed by atoms with Gasteiger partial charge in [-0.1, -0.05) is 0 Å². The Morgan fingerprint density at radius 2 is 2.25 bits per heavy atom. The maximum Gasteiger partial charge on any atom is 0.238 e. The minimum Gasteiger partial charge on any atom is -0.358 e. The van der Waals surface area contributed by atoms with Gasteiger partial charge in [0.1, 0.15) is 6.04 Å². The van der Waals surface area contributed by atoms with Crippen LogP contribution in [-0.2, 0) is 4.79 Å². The number of amides is 1. The molecule has 4 nitrogen and oxygen atoms in total. The smallest absolute Gasteiger partial charge is 0.238 e. The van der Waals surface area contributed by atoms with Crippen molar-refractivity contribution in [1.29, 1.82) is 0 Å². The Morgan fingerprint density at radius 1 is 1.75 bits per heavy atom. The van der Waals surface area contributed by atoms with Crippen molar-refractivity contribution in [2.75, 3.05) is 7.05 Å². The third-order valence-electron chi connectivity index (χ3n) is 0.833. The van der Waals surface area contributed by atoms with Crippen molar-refractivity contribution in [2.45, 2.75) is 13.0 Å². The maximum absolute atomic E-state index is 10.4. The van der Waals surface area contributed by atoms with Gasteiger partial charge in [-0.15, -0.1) is 0 Å². The highest BCUT2D eigenvalue weighted by atomic mass is 16.5. The number of carbonyl (C=O) groups excluding carboxylic acids is 1. The molecule has 0 aliphatic carbocycles. The van der Waals surface area contributed by atoms with E-state index in [1.165, 1.54) is 7.05 Å². The summed E-state index contributed by atoms with van der Waals surface area (Å²) < 4.78 is 0. The Labute approximate surface area is 47.8 Å². The summed E-state index contributed by atoms with van der Waals surface area (Å²) in [6.07, 6.45) is 0. The van der Waals surface area contributed by atoms with Crippen LogP contribution in [0.25, 0.3) is 0 Å². The van der Waals surface area contributed by atoms with Crippen molar-refractivity contribution in [3.8, 4) is 0 Å². The van der Waals surface area contributed by atoms with E-state index < -0.39 is 6.04 Å². The van der Waals surface area contributed by atoms with E-state index in [9.17, 15) is 4.79 Å². The van der Waals surface area contributed by atoms with E-state index in [4.69, 9.17) is 5.21 Å². The van der Waals surface area contributed by atoms with Crippen LogP contribution in [0.3, 0.4) is 0 Å². The number of likely N-dealkylation sites (N-methyl/N-ethyl adjacent to an activating group) is 1. The molecule has 0 aromatic rings. The first kappa shape index (κ1) is 7.39. The van der Waals surface area contributed by atoms with Crippen LogP contribution in [0.2, 0.25) is 0 Å². The summed E-state index contributed by atoms with van der Waals surface area (Å²) in [5.41, 5.74) is 1.80. The molecule has 0 spiro atoms. The monoisotopic (exact) mass is 118 g/mol. The van der Waals surface area contributed by atoms with Crippen LogP contribution in [0.5, 0.6) is 0 Å². The normalized spacial score (nSPS) is 12.9. The van der Waals surface area contributed by atoms with Crippen LogP contribution < -0.4 is 10.8 Å². The van der Waals surface area contributed by atoms with Gasteiger partial charge in [-0.3, -0.25) is 4.79 Å². The van der Waals surface area contributed by atoms with Crippen molar-refractivity contribution >= 4 is 5.91 Å². The molecular formula is C4H10N2O2. The largest absolute Gasteiger partial charge is 0.358 e. The van der Waals surface area contributed by atoms with Gasteiger partial charge in [0.2, 0.25) is 5.91 Å². The summed E-state index contributed by atoms with van der Waals surface area (Å²) in [7, 11) is 1.51. The summed E-state index contributed by atoms with van der Waals surface area (Å²) in [6.45, 7) is 1.55. The second-order valence-corrected chi connectivity index (χ2v) is 1.47. The van der Waals surface area contributed by atoms with Crippen LogP contribution in [0.1, 0.15) is 6.92 Å². The maximum atomic E-state index is 10.4. The summed E-state index contributed by atoms with van der Waals surface area (Å²) in [5.74, 6) is -0.229. The third-order valence-corrected chi connectivity index (χ3v) is 0.833. The SMILES string of the molecule is CNC(=O)[C@H](C)NO. The first-order chi connectivity index (χ1) is 3.72. The fourth-order valence-corrected chi connectivity index (χ4v) is 0.275. The van der Waals surface area contributed by atoms with Gasteiger partial charge in [-0.05, 0) is 6.92 Å². The second-order valence-electron chi connectivity index (χ2n) is 1.47. The first-order valence-electron chi connectivity index (χ1n) is 2.33. The Balaban J connectivity index is 3.46. The predicted octanol–water partition coefficient (Wildman–Crippen LogP) is -0.900. The minimum absolute atomic E-state index is 0.229. The summed E-state index contributed by atoms with van der Waals surface area (Å²) in [4.78, 5) is 10.4. The number of nitrogens with one attached hydrogen (secondary N) is 2. The molecule has 0 aromatic carbocycles. The number of hydrogen-bond donors (Lipinski definition) is 3. The molecular weight excluding hydrogens is 108 g/mol. The first-order valence-corrected chi connectivity index (χ1v) is 2.33. The highest BCUT2D eigenvalue weighted by Crippen LogP contribution is 1.74. The number of hydroxylamine groups is 1. The fourth-order valence-electron chi connectivity index (χ4n) is 0.275. The summed E-state index contributed by atoms with van der Waals surface area (Å²) in [5, 5.41) is 10.5. The highest BCUT2D eigenvalue weighted by Gasteiger charge is 2.06. The van der Waals surface area contributed by atoms with E-state index in [0.29, 0.717) is 0 Å². The summed E-state index contributed by atoms with van der Waals surface area (Å²) >= 11 is 0. The standard InChI is InChI=1S/C4H10N2O2/c1-3(6-8)4(7)5-2/h3,6,8H,1-2H3,(H,5,7)/t3-/m0/s1. The van der Waals surface area contributed by atoms with Crippen molar-refractivity contribution in [1.82, 2.24) is 10.8 Å². The van der Waals surface area contributed by atoms with Crippen LogP contribution in [0, 0.1) is 0 Å². The van der Waals surface area contributed by atoms with Crippen LogP contribution in [0.15, 0.2) is 0 Å². The fraction of sp³-hybridized carbons (Fsp3) is 0.750. The molecule has 0 rings (SSSR count). The lowest BCUT2D eigenvalue weighted by Gasteiger charge is -2.04. The second kappa shape index (κ2) is 3.40. The molecule has 8 heavy (non-hydrogen) atoms. The van der Waals surface area contributed by atoms with Crippen molar-refractivity contribution in [2.24, 2.45) is 0 Å². The van der Waals surface area contributed by atoms with Crippen molar-refractivity contribution in [3.05, 3.63) is 0 Å². The van der Waals surface area contributed by atoms with Gasteiger partial charge < -0.3 is 10.5 Å². The Morgan fingerprint density at radius 3 is 2.38 bits per heavy atom. The zero-order valence-electron chi connectivity index (χ0n) is 4.93. The molecule has 1 amide bonds. The molecule has 48 valence electrons. The molecule has 0 unspecified atom stereocenters. The zero-order chi connectivity index (χ0) is 6.57. The van der Waals surface area contributed by atoms with Gasteiger partial charge in [-0.2, -0.15) is 5.48 Å². The van der Waals surface area contributed by atoms with E-state index in [-0.39, 0.29) is 5.91 Å². The van der Waals surface area contributed by atoms with Gasteiger partial charge in [0.05, 0.1) is 0 Å². The van der Waals surface area contributed by atoms with Crippen LogP contribution in [-0.4, -0.2) is 24.2 Å². The molecule has 0 heterocycles.